The third-order valence-corrected chi connectivity index (χ3v) is 4.92. The van der Waals surface area contributed by atoms with Gasteiger partial charge in [0.2, 0.25) is 0 Å². The van der Waals surface area contributed by atoms with Crippen LogP contribution in [0, 0.1) is 0 Å². The molecule has 3 aromatic rings. The molecule has 0 saturated heterocycles. The molecule has 1 aromatic heterocycles. The predicted octanol–water partition coefficient (Wildman–Crippen LogP) is 3.78. The number of carbonyl (C=O) groups is 1. The highest BCUT2D eigenvalue weighted by Gasteiger charge is 2.22. The summed E-state index contributed by atoms with van der Waals surface area (Å²) >= 11 is 0. The van der Waals surface area contributed by atoms with Crippen LogP contribution in [-0.2, 0) is 13.6 Å². The fraction of sp³-hybridized carbons (Fsp3) is 0.375. The average Bonchev–Trinajstić information content (AvgIpc) is 2.77. The Morgan fingerprint density at radius 2 is 1.68 bits per heavy atom. The number of nitrogens with zero attached hydrogens (tertiary/aromatic N) is 3. The van der Waals surface area contributed by atoms with Gasteiger partial charge in [-0.1, -0.05) is 31.2 Å². The number of aromatic nitrogens is 2. The number of benzene rings is 2. The number of hydrogen-bond donors (Lipinski definition) is 0. The Morgan fingerprint density at radius 3 is 2.35 bits per heavy atom. The highest BCUT2D eigenvalue weighted by Crippen LogP contribution is 2.29. The van der Waals surface area contributed by atoms with Gasteiger partial charge in [0.1, 0.15) is 0 Å². The van der Waals surface area contributed by atoms with Crippen molar-refractivity contribution >= 4 is 16.7 Å². The summed E-state index contributed by atoms with van der Waals surface area (Å²) in [6, 6.07) is 12.8. The Labute approximate surface area is 182 Å². The lowest BCUT2D eigenvalue weighted by molar-refractivity contribution is 0.0737. The molecule has 0 atom stereocenters. The molecule has 0 bridgehead atoms. The van der Waals surface area contributed by atoms with E-state index in [1.165, 1.54) is 4.68 Å². The summed E-state index contributed by atoms with van der Waals surface area (Å²) < 4.78 is 12.6. The number of rotatable bonds is 9. The molecule has 0 radical (unpaired) electrons. The van der Waals surface area contributed by atoms with Crippen LogP contribution < -0.4 is 15.0 Å². The molecule has 0 spiro atoms. The highest BCUT2D eigenvalue weighted by atomic mass is 16.5. The van der Waals surface area contributed by atoms with E-state index < -0.39 is 0 Å². The summed E-state index contributed by atoms with van der Waals surface area (Å²) in [4.78, 5) is 27.7. The third kappa shape index (κ3) is 4.87. The van der Waals surface area contributed by atoms with Crippen molar-refractivity contribution in [2.24, 2.45) is 7.05 Å². The van der Waals surface area contributed by atoms with Crippen LogP contribution in [0.4, 0.5) is 0 Å². The summed E-state index contributed by atoms with van der Waals surface area (Å²) in [5.74, 6) is 1.14. The molecular weight excluding hydrogens is 394 g/mol. The molecule has 7 heteroatoms. The monoisotopic (exact) mass is 423 g/mol. The fourth-order valence-electron chi connectivity index (χ4n) is 3.54. The van der Waals surface area contributed by atoms with Gasteiger partial charge in [-0.05, 0) is 44.0 Å². The number of hydrogen-bond acceptors (Lipinski definition) is 5. The molecule has 164 valence electrons. The lowest BCUT2D eigenvalue weighted by Gasteiger charge is -2.23. The first-order valence-corrected chi connectivity index (χ1v) is 10.6. The Morgan fingerprint density at radius 1 is 1.00 bits per heavy atom. The average molecular weight is 424 g/mol. The smallest absolute Gasteiger partial charge is 0.275 e. The second-order valence-corrected chi connectivity index (χ2v) is 7.20. The Hall–Kier alpha value is -3.35. The highest BCUT2D eigenvalue weighted by molar-refractivity contribution is 6.04. The summed E-state index contributed by atoms with van der Waals surface area (Å²) in [6.07, 6.45) is 0.796. The summed E-state index contributed by atoms with van der Waals surface area (Å²) in [5, 5.41) is 5.35. The maximum Gasteiger partial charge on any atom is 0.275 e. The standard InChI is InChI=1S/C24H29N3O4/c1-5-14-27(16-17-12-13-20(30-6-2)21(15-17)31-7-3)24(29)22-18-10-8-9-11-19(18)23(28)26(4)25-22/h8-13,15H,5-7,14,16H2,1-4H3. The predicted molar refractivity (Wildman–Crippen MR) is 121 cm³/mol. The molecule has 0 aliphatic rings. The van der Waals surface area contributed by atoms with E-state index >= 15 is 0 Å². The molecule has 3 rings (SSSR count). The van der Waals surface area contributed by atoms with E-state index in [1.807, 2.05) is 45.0 Å². The molecule has 0 saturated carbocycles. The lowest BCUT2D eigenvalue weighted by Crippen LogP contribution is -2.34. The van der Waals surface area contributed by atoms with Crippen molar-refractivity contribution in [1.29, 1.82) is 0 Å². The van der Waals surface area contributed by atoms with Gasteiger partial charge in [-0.2, -0.15) is 5.10 Å². The van der Waals surface area contributed by atoms with E-state index in [-0.39, 0.29) is 17.2 Å². The maximum atomic E-state index is 13.5. The molecule has 1 heterocycles. The zero-order chi connectivity index (χ0) is 22.4. The molecule has 0 unspecified atom stereocenters. The van der Waals surface area contributed by atoms with Crippen LogP contribution in [0.2, 0.25) is 0 Å². The van der Waals surface area contributed by atoms with Crippen molar-refractivity contribution in [1.82, 2.24) is 14.7 Å². The van der Waals surface area contributed by atoms with Crippen molar-refractivity contribution < 1.29 is 14.3 Å². The maximum absolute atomic E-state index is 13.5. The van der Waals surface area contributed by atoms with E-state index in [0.29, 0.717) is 48.6 Å². The quantitative estimate of drug-likeness (QED) is 0.524. The van der Waals surface area contributed by atoms with Gasteiger partial charge in [0.15, 0.2) is 17.2 Å². The van der Waals surface area contributed by atoms with Crippen molar-refractivity contribution in [3.05, 3.63) is 64.1 Å². The molecular formula is C24H29N3O4. The van der Waals surface area contributed by atoms with Gasteiger partial charge in [-0.25, -0.2) is 4.68 Å². The van der Waals surface area contributed by atoms with Gasteiger partial charge in [-0.3, -0.25) is 9.59 Å². The van der Waals surface area contributed by atoms with Crippen LogP contribution >= 0.6 is 0 Å². The van der Waals surface area contributed by atoms with Gasteiger partial charge in [0.05, 0.1) is 18.6 Å². The summed E-state index contributed by atoms with van der Waals surface area (Å²) in [5.41, 5.74) is 0.993. The van der Waals surface area contributed by atoms with Gasteiger partial charge in [0.25, 0.3) is 11.5 Å². The van der Waals surface area contributed by atoms with Gasteiger partial charge >= 0.3 is 0 Å². The minimum Gasteiger partial charge on any atom is -0.490 e. The first-order valence-electron chi connectivity index (χ1n) is 10.6. The Bertz CT molecular complexity index is 1120. The minimum absolute atomic E-state index is 0.208. The number of ether oxygens (including phenoxy) is 2. The van der Waals surface area contributed by atoms with E-state index in [9.17, 15) is 9.59 Å². The van der Waals surface area contributed by atoms with Gasteiger partial charge < -0.3 is 14.4 Å². The van der Waals surface area contributed by atoms with Crippen LogP contribution in [0.3, 0.4) is 0 Å². The van der Waals surface area contributed by atoms with E-state index in [0.717, 1.165) is 12.0 Å². The SMILES string of the molecule is CCCN(Cc1ccc(OCC)c(OCC)c1)C(=O)c1nn(C)c(=O)c2ccccc12. The first kappa shape index (κ1) is 22.3. The first-order chi connectivity index (χ1) is 15.0. The van der Waals surface area contributed by atoms with Crippen molar-refractivity contribution in [3.8, 4) is 11.5 Å². The molecule has 0 aliphatic heterocycles. The number of fused-ring (bicyclic) bond motifs is 1. The second-order valence-electron chi connectivity index (χ2n) is 7.20. The van der Waals surface area contributed by atoms with Crippen molar-refractivity contribution in [2.45, 2.75) is 33.7 Å². The van der Waals surface area contributed by atoms with Gasteiger partial charge in [0, 0.05) is 25.5 Å². The second kappa shape index (κ2) is 10.1. The summed E-state index contributed by atoms with van der Waals surface area (Å²) in [6.45, 7) is 7.91. The molecule has 0 fully saturated rings. The van der Waals surface area contributed by atoms with Crippen LogP contribution in [0.5, 0.6) is 11.5 Å². The normalized spacial score (nSPS) is 10.8. The van der Waals surface area contributed by atoms with Crippen molar-refractivity contribution in [3.63, 3.8) is 0 Å². The molecule has 31 heavy (non-hydrogen) atoms. The van der Waals surface area contributed by atoms with Crippen molar-refractivity contribution in [2.75, 3.05) is 19.8 Å². The number of carbonyl (C=O) groups excluding carboxylic acids is 1. The Balaban J connectivity index is 1.97. The topological polar surface area (TPSA) is 73.7 Å². The molecule has 7 nitrogen and oxygen atoms in total. The zero-order valence-electron chi connectivity index (χ0n) is 18.6. The zero-order valence-corrected chi connectivity index (χ0v) is 18.6. The van der Waals surface area contributed by atoms with Crippen LogP contribution in [0.25, 0.3) is 10.8 Å². The van der Waals surface area contributed by atoms with E-state index in [1.54, 1.807) is 30.1 Å². The fourth-order valence-corrected chi connectivity index (χ4v) is 3.54. The number of amides is 1. The van der Waals surface area contributed by atoms with E-state index in [2.05, 4.69) is 5.10 Å². The molecule has 0 aliphatic carbocycles. The largest absolute Gasteiger partial charge is 0.490 e. The Kier molecular flexibility index (Phi) is 7.28. The van der Waals surface area contributed by atoms with Crippen LogP contribution in [0.15, 0.2) is 47.3 Å². The lowest BCUT2D eigenvalue weighted by atomic mass is 10.1. The molecule has 1 amide bonds. The molecule has 0 N–H and O–H groups in total. The molecule has 2 aromatic carbocycles. The van der Waals surface area contributed by atoms with Gasteiger partial charge in [-0.15, -0.1) is 0 Å². The number of aryl methyl sites for hydroxylation is 1. The third-order valence-electron chi connectivity index (χ3n) is 4.92. The summed E-state index contributed by atoms with van der Waals surface area (Å²) in [7, 11) is 1.57. The van der Waals surface area contributed by atoms with Crippen LogP contribution in [-0.4, -0.2) is 40.3 Å². The van der Waals surface area contributed by atoms with Crippen LogP contribution in [0.1, 0.15) is 43.2 Å². The van der Waals surface area contributed by atoms with E-state index in [4.69, 9.17) is 9.47 Å². The minimum atomic E-state index is -0.220.